The Kier molecular flexibility index (Phi) is 4.39. The van der Waals surface area contributed by atoms with Crippen molar-refractivity contribution in [3.8, 4) is 5.75 Å². The minimum absolute atomic E-state index is 0.0485. The third-order valence-corrected chi connectivity index (χ3v) is 4.30. The molecule has 1 aromatic heterocycles. The Labute approximate surface area is 121 Å². The van der Waals surface area contributed by atoms with Crippen molar-refractivity contribution in [2.75, 3.05) is 14.2 Å². The molecule has 106 valence electrons. The van der Waals surface area contributed by atoms with Crippen molar-refractivity contribution in [2.24, 2.45) is 0 Å². The molecule has 0 radical (unpaired) electrons. The smallest absolute Gasteiger partial charge is 0.254 e. The van der Waals surface area contributed by atoms with Crippen LogP contribution < -0.4 is 4.74 Å². The van der Waals surface area contributed by atoms with Crippen LogP contribution in [0.1, 0.15) is 28.2 Å². The Bertz CT molecular complexity index is 598. The van der Waals surface area contributed by atoms with E-state index in [1.54, 1.807) is 29.4 Å². The average Bonchev–Trinajstić information content (AvgIpc) is 2.99. The Balaban J connectivity index is 2.20. The number of amides is 1. The van der Waals surface area contributed by atoms with Crippen LogP contribution in [-0.2, 0) is 0 Å². The van der Waals surface area contributed by atoms with Crippen molar-refractivity contribution < 1.29 is 13.9 Å². The van der Waals surface area contributed by atoms with Crippen molar-refractivity contribution in [3.05, 3.63) is 52.0 Å². The summed E-state index contributed by atoms with van der Waals surface area (Å²) in [7, 11) is 3.11. The second-order valence-electron chi connectivity index (χ2n) is 4.46. The number of rotatable bonds is 4. The maximum absolute atomic E-state index is 13.7. The number of carbonyl (C=O) groups excluding carboxylic acids is 1. The van der Waals surface area contributed by atoms with Gasteiger partial charge in [-0.25, -0.2) is 4.39 Å². The second-order valence-corrected chi connectivity index (χ2v) is 5.44. The number of methoxy groups -OCH3 is 1. The SMILES string of the molecule is COc1ccc(C(=O)N(C)C(C)c2cccs2)cc1F. The topological polar surface area (TPSA) is 29.5 Å². The zero-order valence-corrected chi connectivity index (χ0v) is 12.4. The van der Waals surface area contributed by atoms with Gasteiger partial charge in [-0.3, -0.25) is 4.79 Å². The summed E-state index contributed by atoms with van der Waals surface area (Å²) in [4.78, 5) is 15.1. The molecule has 0 N–H and O–H groups in total. The van der Waals surface area contributed by atoms with Crippen LogP contribution in [0, 0.1) is 5.82 Å². The summed E-state index contributed by atoms with van der Waals surface area (Å²) in [6.45, 7) is 1.95. The largest absolute Gasteiger partial charge is 0.494 e. The molecular weight excluding hydrogens is 277 g/mol. The van der Waals surface area contributed by atoms with Gasteiger partial charge in [0.25, 0.3) is 5.91 Å². The van der Waals surface area contributed by atoms with Crippen molar-refractivity contribution >= 4 is 17.2 Å². The predicted octanol–water partition coefficient (Wildman–Crippen LogP) is 3.73. The quantitative estimate of drug-likeness (QED) is 0.859. The van der Waals surface area contributed by atoms with Crippen molar-refractivity contribution in [1.82, 2.24) is 4.90 Å². The van der Waals surface area contributed by atoms with Gasteiger partial charge >= 0.3 is 0 Å². The normalized spacial score (nSPS) is 12.0. The third-order valence-electron chi connectivity index (χ3n) is 3.25. The van der Waals surface area contributed by atoms with E-state index >= 15 is 0 Å². The molecule has 0 fully saturated rings. The highest BCUT2D eigenvalue weighted by molar-refractivity contribution is 7.10. The van der Waals surface area contributed by atoms with Crippen LogP contribution in [0.15, 0.2) is 35.7 Å². The number of hydrogen-bond acceptors (Lipinski definition) is 3. The van der Waals surface area contributed by atoms with Crippen LogP contribution in [0.3, 0.4) is 0 Å². The molecule has 1 amide bonds. The lowest BCUT2D eigenvalue weighted by Gasteiger charge is -2.24. The van der Waals surface area contributed by atoms with E-state index in [1.807, 2.05) is 24.4 Å². The molecule has 0 bridgehead atoms. The zero-order chi connectivity index (χ0) is 14.7. The van der Waals surface area contributed by atoms with E-state index in [1.165, 1.54) is 19.2 Å². The summed E-state index contributed by atoms with van der Waals surface area (Å²) in [5, 5.41) is 1.97. The monoisotopic (exact) mass is 293 g/mol. The standard InChI is InChI=1S/C15H16FNO2S/c1-10(14-5-4-8-20-14)17(2)15(18)11-6-7-13(19-3)12(16)9-11/h4-10H,1-3H3. The van der Waals surface area contributed by atoms with Crippen LogP contribution in [0.25, 0.3) is 0 Å². The van der Waals surface area contributed by atoms with Gasteiger partial charge in [-0.05, 0) is 36.6 Å². The molecule has 0 aliphatic heterocycles. The molecule has 0 saturated heterocycles. The highest BCUT2D eigenvalue weighted by atomic mass is 32.1. The van der Waals surface area contributed by atoms with E-state index in [9.17, 15) is 9.18 Å². The fourth-order valence-corrected chi connectivity index (χ4v) is 2.73. The van der Waals surface area contributed by atoms with Crippen LogP contribution in [-0.4, -0.2) is 25.0 Å². The summed E-state index contributed by atoms with van der Waals surface area (Å²) in [5.41, 5.74) is 0.314. The summed E-state index contributed by atoms with van der Waals surface area (Å²) in [6.07, 6.45) is 0. The lowest BCUT2D eigenvalue weighted by atomic mass is 10.1. The molecule has 1 aromatic carbocycles. The number of thiophene rings is 1. The zero-order valence-electron chi connectivity index (χ0n) is 11.6. The van der Waals surface area contributed by atoms with E-state index < -0.39 is 5.82 Å². The molecule has 3 nitrogen and oxygen atoms in total. The Morgan fingerprint density at radius 3 is 2.70 bits per heavy atom. The van der Waals surface area contributed by atoms with Crippen LogP contribution >= 0.6 is 11.3 Å². The van der Waals surface area contributed by atoms with E-state index in [2.05, 4.69) is 0 Å². The molecule has 5 heteroatoms. The number of ether oxygens (including phenoxy) is 1. The minimum Gasteiger partial charge on any atom is -0.494 e. The van der Waals surface area contributed by atoms with Gasteiger partial charge < -0.3 is 9.64 Å². The highest BCUT2D eigenvalue weighted by Crippen LogP contribution is 2.25. The molecule has 1 heterocycles. The summed E-state index contributed by atoms with van der Waals surface area (Å²) >= 11 is 1.59. The van der Waals surface area contributed by atoms with Crippen molar-refractivity contribution in [2.45, 2.75) is 13.0 Å². The van der Waals surface area contributed by atoms with Crippen molar-refractivity contribution in [1.29, 1.82) is 0 Å². The van der Waals surface area contributed by atoms with E-state index in [0.717, 1.165) is 4.88 Å². The Hall–Kier alpha value is -1.88. The lowest BCUT2D eigenvalue weighted by Crippen LogP contribution is -2.29. The van der Waals surface area contributed by atoms with Gasteiger partial charge in [0.15, 0.2) is 11.6 Å². The first-order valence-corrected chi connectivity index (χ1v) is 7.06. The average molecular weight is 293 g/mol. The number of carbonyl (C=O) groups is 1. The van der Waals surface area contributed by atoms with Crippen molar-refractivity contribution in [3.63, 3.8) is 0 Å². The molecule has 2 aromatic rings. The second kappa shape index (κ2) is 6.05. The van der Waals surface area contributed by atoms with Gasteiger partial charge in [-0.2, -0.15) is 0 Å². The molecule has 1 atom stereocenters. The molecule has 0 aliphatic carbocycles. The molecule has 0 aliphatic rings. The summed E-state index contributed by atoms with van der Waals surface area (Å²) in [5.74, 6) is -0.613. The molecule has 2 rings (SSSR count). The molecular formula is C15H16FNO2S. The van der Waals surface area contributed by atoms with Gasteiger partial charge in [0.1, 0.15) is 0 Å². The summed E-state index contributed by atoms with van der Waals surface area (Å²) in [6, 6.07) is 8.12. The summed E-state index contributed by atoms with van der Waals surface area (Å²) < 4.78 is 18.5. The third kappa shape index (κ3) is 2.82. The number of halogens is 1. The first kappa shape index (κ1) is 14.5. The fourth-order valence-electron chi connectivity index (χ4n) is 1.90. The van der Waals surface area contributed by atoms with Gasteiger partial charge in [0, 0.05) is 17.5 Å². The molecule has 0 spiro atoms. The van der Waals surface area contributed by atoms with Crippen LogP contribution in [0.4, 0.5) is 4.39 Å². The van der Waals surface area contributed by atoms with Gasteiger partial charge in [0.2, 0.25) is 0 Å². The first-order valence-electron chi connectivity index (χ1n) is 6.18. The van der Waals surface area contributed by atoms with Crippen LogP contribution in [0.5, 0.6) is 5.75 Å². The number of benzene rings is 1. The predicted molar refractivity (Wildman–Crippen MR) is 77.8 cm³/mol. The molecule has 20 heavy (non-hydrogen) atoms. The number of hydrogen-bond donors (Lipinski definition) is 0. The molecule has 1 unspecified atom stereocenters. The lowest BCUT2D eigenvalue weighted by molar-refractivity contribution is 0.0744. The maximum atomic E-state index is 13.7. The highest BCUT2D eigenvalue weighted by Gasteiger charge is 2.20. The van der Waals surface area contributed by atoms with Crippen LogP contribution in [0.2, 0.25) is 0 Å². The first-order chi connectivity index (χ1) is 9.54. The fraction of sp³-hybridized carbons (Fsp3) is 0.267. The van der Waals surface area contributed by atoms with Gasteiger partial charge in [0.05, 0.1) is 13.2 Å². The Morgan fingerprint density at radius 1 is 1.40 bits per heavy atom. The van der Waals surface area contributed by atoms with E-state index in [4.69, 9.17) is 4.74 Å². The van der Waals surface area contributed by atoms with E-state index in [0.29, 0.717) is 5.56 Å². The van der Waals surface area contributed by atoms with Gasteiger partial charge in [-0.1, -0.05) is 6.07 Å². The Morgan fingerprint density at radius 2 is 2.15 bits per heavy atom. The number of nitrogens with zero attached hydrogens (tertiary/aromatic N) is 1. The van der Waals surface area contributed by atoms with E-state index in [-0.39, 0.29) is 17.7 Å². The minimum atomic E-state index is -0.532. The molecule has 0 saturated carbocycles. The van der Waals surface area contributed by atoms with Gasteiger partial charge in [-0.15, -0.1) is 11.3 Å². The maximum Gasteiger partial charge on any atom is 0.254 e.